The van der Waals surface area contributed by atoms with Crippen molar-refractivity contribution in [3.8, 4) is 17.6 Å². The summed E-state index contributed by atoms with van der Waals surface area (Å²) in [5.41, 5.74) is 4.94. The van der Waals surface area contributed by atoms with Gasteiger partial charge in [0.1, 0.15) is 17.1 Å². The molecule has 0 unspecified atom stereocenters. The summed E-state index contributed by atoms with van der Waals surface area (Å²) in [7, 11) is 0. The van der Waals surface area contributed by atoms with Crippen molar-refractivity contribution in [3.05, 3.63) is 55.9 Å². The lowest BCUT2D eigenvalue weighted by molar-refractivity contribution is -0.126. The van der Waals surface area contributed by atoms with Crippen molar-refractivity contribution in [2.45, 2.75) is 25.8 Å². The number of halogens is 3. The summed E-state index contributed by atoms with van der Waals surface area (Å²) >= 11 is 7.96. The minimum Gasteiger partial charge on any atom is -0.453 e. The zero-order chi connectivity index (χ0) is 20.5. The number of benzene rings is 2. The van der Waals surface area contributed by atoms with Gasteiger partial charge in [-0.05, 0) is 66.3 Å². The number of amides is 1. The van der Waals surface area contributed by atoms with Crippen LogP contribution in [0.5, 0.6) is 11.5 Å². The van der Waals surface area contributed by atoms with E-state index in [2.05, 4.69) is 15.8 Å². The van der Waals surface area contributed by atoms with Gasteiger partial charge in [0, 0.05) is 11.4 Å². The maximum absolute atomic E-state index is 15.1. The van der Waals surface area contributed by atoms with Crippen molar-refractivity contribution in [1.29, 1.82) is 5.26 Å². The fraction of sp³-hybridized carbons (Fsp3) is 0.211. The number of carbonyl (C=O) groups excluding carboxylic acids is 1. The standard InChI is InChI=1S/C19H15ClFIN4O2/c1-19(2)18(27)26-25-15(24-19)7-11-3-4-14(22)17(16(11)21)28-13-6-10(9-23)5-12(20)8-13/h3-6,8H,7H2,1-2H3,(H,24,25)(H,26,27). The van der Waals surface area contributed by atoms with E-state index in [-0.39, 0.29) is 23.8 Å². The first-order valence-electron chi connectivity index (χ1n) is 8.20. The largest absolute Gasteiger partial charge is 0.453 e. The molecule has 1 heterocycles. The molecule has 1 aliphatic rings. The smallest absolute Gasteiger partial charge is 0.265 e. The van der Waals surface area contributed by atoms with Gasteiger partial charge in [-0.15, -0.1) is 0 Å². The lowest BCUT2D eigenvalue weighted by Gasteiger charge is -2.27. The fourth-order valence-electron chi connectivity index (χ4n) is 2.57. The monoisotopic (exact) mass is 512 g/mol. The first-order chi connectivity index (χ1) is 13.2. The zero-order valence-electron chi connectivity index (χ0n) is 14.9. The molecular weight excluding hydrogens is 498 g/mol. The summed E-state index contributed by atoms with van der Waals surface area (Å²) in [5.74, 6) is -0.0871. The van der Waals surface area contributed by atoms with Crippen LogP contribution in [-0.4, -0.2) is 17.3 Å². The number of ether oxygens (including phenoxy) is 1. The Kier molecular flexibility index (Phi) is 5.76. The average molecular weight is 513 g/mol. The van der Waals surface area contributed by atoms with Crippen LogP contribution in [0.25, 0.3) is 0 Å². The Bertz CT molecular complexity index is 1030. The molecule has 9 heteroatoms. The normalized spacial score (nSPS) is 15.1. The number of nitrogens with zero attached hydrogens (tertiary/aromatic N) is 2. The molecule has 0 aliphatic carbocycles. The van der Waals surface area contributed by atoms with Gasteiger partial charge < -0.3 is 4.74 Å². The number of nitrogens with one attached hydrogen (secondary N) is 2. The maximum atomic E-state index is 15.1. The van der Waals surface area contributed by atoms with Gasteiger partial charge in [-0.2, -0.15) is 5.26 Å². The maximum Gasteiger partial charge on any atom is 0.265 e. The van der Waals surface area contributed by atoms with Crippen LogP contribution in [0.1, 0.15) is 25.0 Å². The van der Waals surface area contributed by atoms with Crippen molar-refractivity contribution in [2.24, 2.45) is 4.99 Å². The molecule has 0 aromatic heterocycles. The second-order valence-electron chi connectivity index (χ2n) is 6.61. The quantitative estimate of drug-likeness (QED) is 0.604. The van der Waals surface area contributed by atoms with Crippen molar-refractivity contribution in [2.75, 3.05) is 0 Å². The van der Waals surface area contributed by atoms with E-state index in [0.29, 0.717) is 25.6 Å². The molecule has 144 valence electrons. The van der Waals surface area contributed by atoms with E-state index < -0.39 is 11.4 Å². The molecule has 0 spiro atoms. The number of hydrogen-bond donors (Lipinski definition) is 2. The topological polar surface area (TPSA) is 86.5 Å². The zero-order valence-corrected chi connectivity index (χ0v) is 17.9. The number of rotatable bonds is 4. The highest BCUT2D eigenvalue weighted by atomic mass is 127. The Morgan fingerprint density at radius 1 is 1.32 bits per heavy atom. The minimum atomic E-state index is -0.936. The Morgan fingerprint density at radius 3 is 2.75 bits per heavy atom. The molecule has 2 aromatic carbocycles. The van der Waals surface area contributed by atoms with Crippen molar-refractivity contribution < 1.29 is 13.9 Å². The van der Waals surface area contributed by atoms with Gasteiger partial charge in [-0.3, -0.25) is 20.6 Å². The Hall–Kier alpha value is -2.38. The lowest BCUT2D eigenvalue weighted by Crippen LogP contribution is -2.55. The molecule has 0 atom stereocenters. The first kappa shape index (κ1) is 20.4. The molecule has 0 radical (unpaired) electrons. The van der Waals surface area contributed by atoms with Crippen LogP contribution in [0.3, 0.4) is 0 Å². The third-order valence-electron chi connectivity index (χ3n) is 4.00. The van der Waals surface area contributed by atoms with Crippen molar-refractivity contribution in [3.63, 3.8) is 0 Å². The summed E-state index contributed by atoms with van der Waals surface area (Å²) in [4.78, 5) is 16.1. The van der Waals surface area contributed by atoms with Crippen LogP contribution < -0.4 is 15.6 Å². The highest BCUT2D eigenvalue weighted by Crippen LogP contribution is 2.33. The van der Waals surface area contributed by atoms with E-state index in [1.165, 1.54) is 18.2 Å². The summed E-state index contributed by atoms with van der Waals surface area (Å²) in [6.07, 6.45) is 0.141. The summed E-state index contributed by atoms with van der Waals surface area (Å²) < 4.78 is 21.4. The Balaban J connectivity index is 1.92. The predicted octanol–water partition coefficient (Wildman–Crippen LogP) is 4.10. The van der Waals surface area contributed by atoms with Gasteiger partial charge >= 0.3 is 0 Å². The van der Waals surface area contributed by atoms with Gasteiger partial charge in [0.05, 0.1) is 15.2 Å². The molecular formula is C19H15ClFIN4O2. The number of carbonyl (C=O) groups is 1. The second-order valence-corrected chi connectivity index (χ2v) is 8.21. The number of aliphatic imine (C=N–C) groups is 1. The van der Waals surface area contributed by atoms with Crippen LogP contribution in [0.4, 0.5) is 4.39 Å². The van der Waals surface area contributed by atoms with Crippen molar-refractivity contribution >= 4 is 45.9 Å². The molecule has 3 rings (SSSR count). The highest BCUT2D eigenvalue weighted by Gasteiger charge is 2.31. The van der Waals surface area contributed by atoms with E-state index in [9.17, 15) is 4.79 Å². The van der Waals surface area contributed by atoms with Crippen LogP contribution in [0.2, 0.25) is 5.02 Å². The molecule has 6 nitrogen and oxygen atoms in total. The summed E-state index contributed by atoms with van der Waals surface area (Å²) in [6.45, 7) is 3.35. The third-order valence-corrected chi connectivity index (χ3v) is 5.07. The number of hydrogen-bond acceptors (Lipinski definition) is 5. The summed E-state index contributed by atoms with van der Waals surface area (Å²) in [6, 6.07) is 9.83. The van der Waals surface area contributed by atoms with Crippen LogP contribution in [0.15, 0.2) is 35.3 Å². The lowest BCUT2D eigenvalue weighted by atomic mass is 10.0. The van der Waals surface area contributed by atoms with E-state index in [1.807, 2.05) is 28.7 Å². The van der Waals surface area contributed by atoms with Gasteiger partial charge in [-0.1, -0.05) is 17.7 Å². The number of hydrazine groups is 1. The third kappa shape index (κ3) is 4.36. The molecule has 0 saturated heterocycles. The van der Waals surface area contributed by atoms with Crippen molar-refractivity contribution in [1.82, 2.24) is 10.9 Å². The highest BCUT2D eigenvalue weighted by molar-refractivity contribution is 14.1. The van der Waals surface area contributed by atoms with Gasteiger partial charge in [-0.25, -0.2) is 4.39 Å². The fourth-order valence-corrected chi connectivity index (χ4v) is 3.32. The van der Waals surface area contributed by atoms with E-state index >= 15 is 4.39 Å². The first-order valence-corrected chi connectivity index (χ1v) is 9.66. The molecule has 2 aromatic rings. The predicted molar refractivity (Wildman–Crippen MR) is 112 cm³/mol. The van der Waals surface area contributed by atoms with Gasteiger partial charge in [0.2, 0.25) is 0 Å². The van der Waals surface area contributed by atoms with Gasteiger partial charge in [0.15, 0.2) is 11.6 Å². The Labute approximate surface area is 179 Å². The molecule has 28 heavy (non-hydrogen) atoms. The number of amidine groups is 1. The van der Waals surface area contributed by atoms with Crippen LogP contribution >= 0.6 is 34.2 Å². The average Bonchev–Trinajstić information content (AvgIpc) is 2.63. The van der Waals surface area contributed by atoms with E-state index in [0.717, 1.165) is 0 Å². The number of nitriles is 1. The molecule has 2 N–H and O–H groups in total. The van der Waals surface area contributed by atoms with Crippen LogP contribution in [-0.2, 0) is 11.2 Å². The molecule has 1 amide bonds. The van der Waals surface area contributed by atoms with E-state index in [1.54, 1.807) is 26.0 Å². The molecule has 0 fully saturated rings. The summed E-state index contributed by atoms with van der Waals surface area (Å²) in [5, 5.41) is 9.38. The van der Waals surface area contributed by atoms with Gasteiger partial charge in [0.25, 0.3) is 5.91 Å². The minimum absolute atomic E-state index is 0.0314. The van der Waals surface area contributed by atoms with Crippen LogP contribution in [0, 0.1) is 20.7 Å². The van der Waals surface area contributed by atoms with E-state index in [4.69, 9.17) is 21.6 Å². The second kappa shape index (κ2) is 7.93. The molecule has 0 bridgehead atoms. The molecule has 0 saturated carbocycles. The Morgan fingerprint density at radius 2 is 2.07 bits per heavy atom. The SMILES string of the molecule is CC1(C)N=C(Cc2ccc(I)c(Oc3cc(Cl)cc(C#N)c3)c2F)NNC1=O. The molecule has 1 aliphatic heterocycles.